The average molecular weight is 363 g/mol. The topological polar surface area (TPSA) is 46.8 Å². The minimum absolute atomic E-state index is 0.0410. The molecule has 1 amide bonds. The van der Waals surface area contributed by atoms with Gasteiger partial charge in [0.05, 0.1) is 7.11 Å². The fourth-order valence-corrected chi connectivity index (χ4v) is 3.78. The predicted octanol–water partition coefficient (Wildman–Crippen LogP) is 3.75. The zero-order valence-corrected chi connectivity index (χ0v) is 15.9. The highest BCUT2D eigenvalue weighted by Crippen LogP contribution is 2.24. The van der Waals surface area contributed by atoms with Crippen molar-refractivity contribution in [3.05, 3.63) is 65.6 Å². The number of ether oxygens (including phenoxy) is 1. The molecule has 0 atom stereocenters. The number of pyridine rings is 1. The first-order chi connectivity index (χ1) is 13.1. The van der Waals surface area contributed by atoms with Gasteiger partial charge in [-0.1, -0.05) is 12.1 Å². The molecule has 1 saturated heterocycles. The summed E-state index contributed by atoms with van der Waals surface area (Å²) >= 11 is 0. The number of hydrogen-bond donors (Lipinski definition) is 0. The van der Waals surface area contributed by atoms with Gasteiger partial charge in [-0.3, -0.25) is 4.79 Å². The molecule has 1 aliphatic rings. The molecule has 5 heteroatoms. The van der Waals surface area contributed by atoms with Gasteiger partial charge in [0.2, 0.25) is 0 Å². The molecule has 140 valence electrons. The molecule has 0 radical (unpaired) electrons. The molecule has 3 aromatic rings. The standard InChI is InChI=1S/C22H25N3O2/c1-16-7-10-25-15-20(23-21(25)13-16)22(26)24-11-8-18(9-12-24)14-17-3-5-19(27-2)6-4-17/h3-7,10,13,15,18H,8-9,11-12,14H2,1-2H3. The lowest BCUT2D eigenvalue weighted by Crippen LogP contribution is -2.39. The number of piperidine rings is 1. The number of amides is 1. The lowest BCUT2D eigenvalue weighted by molar-refractivity contribution is 0.0685. The van der Waals surface area contributed by atoms with E-state index in [1.54, 1.807) is 7.11 Å². The van der Waals surface area contributed by atoms with Crippen molar-refractivity contribution < 1.29 is 9.53 Å². The predicted molar refractivity (Wildman–Crippen MR) is 105 cm³/mol. The number of likely N-dealkylation sites (tertiary alicyclic amines) is 1. The summed E-state index contributed by atoms with van der Waals surface area (Å²) in [7, 11) is 1.69. The van der Waals surface area contributed by atoms with E-state index >= 15 is 0 Å². The van der Waals surface area contributed by atoms with E-state index in [4.69, 9.17) is 4.74 Å². The van der Waals surface area contributed by atoms with E-state index in [0.29, 0.717) is 11.6 Å². The minimum atomic E-state index is 0.0410. The van der Waals surface area contributed by atoms with Crippen LogP contribution in [0.1, 0.15) is 34.5 Å². The van der Waals surface area contributed by atoms with Crippen LogP contribution in [0.4, 0.5) is 0 Å². The molecule has 5 nitrogen and oxygen atoms in total. The normalized spacial score (nSPS) is 15.3. The molecule has 4 rings (SSSR count). The van der Waals surface area contributed by atoms with Crippen molar-refractivity contribution >= 4 is 11.6 Å². The Kier molecular flexibility index (Phi) is 4.84. The van der Waals surface area contributed by atoms with E-state index in [1.807, 2.05) is 52.9 Å². The van der Waals surface area contributed by atoms with Crippen LogP contribution in [0.3, 0.4) is 0 Å². The van der Waals surface area contributed by atoms with E-state index < -0.39 is 0 Å². The first-order valence-electron chi connectivity index (χ1n) is 9.50. The molecule has 0 aliphatic carbocycles. The Bertz CT molecular complexity index is 938. The van der Waals surface area contributed by atoms with E-state index in [1.165, 1.54) is 5.56 Å². The van der Waals surface area contributed by atoms with Gasteiger partial charge in [-0.05, 0) is 67.5 Å². The maximum absolute atomic E-state index is 12.8. The summed E-state index contributed by atoms with van der Waals surface area (Å²) in [6, 6.07) is 12.3. The van der Waals surface area contributed by atoms with Crippen LogP contribution in [0.5, 0.6) is 5.75 Å². The number of carbonyl (C=O) groups excluding carboxylic acids is 1. The summed E-state index contributed by atoms with van der Waals surface area (Å²) in [6.07, 6.45) is 6.91. The minimum Gasteiger partial charge on any atom is -0.497 e. The van der Waals surface area contributed by atoms with Crippen molar-refractivity contribution in [3.63, 3.8) is 0 Å². The molecule has 1 aliphatic heterocycles. The van der Waals surface area contributed by atoms with Crippen LogP contribution in [-0.4, -0.2) is 40.4 Å². The second kappa shape index (κ2) is 7.43. The fraction of sp³-hybridized carbons (Fsp3) is 0.364. The van der Waals surface area contributed by atoms with Gasteiger partial charge >= 0.3 is 0 Å². The van der Waals surface area contributed by atoms with E-state index in [9.17, 15) is 4.79 Å². The van der Waals surface area contributed by atoms with Gasteiger partial charge in [0.15, 0.2) is 0 Å². The lowest BCUT2D eigenvalue weighted by atomic mass is 9.90. The molecule has 0 N–H and O–H groups in total. The van der Waals surface area contributed by atoms with Crippen molar-refractivity contribution in [3.8, 4) is 5.75 Å². The van der Waals surface area contributed by atoms with E-state index in [-0.39, 0.29) is 5.91 Å². The number of hydrogen-bond acceptors (Lipinski definition) is 3. The van der Waals surface area contributed by atoms with Crippen LogP contribution in [0.15, 0.2) is 48.8 Å². The molecule has 1 aromatic carbocycles. The zero-order valence-electron chi connectivity index (χ0n) is 15.9. The smallest absolute Gasteiger partial charge is 0.274 e. The maximum atomic E-state index is 12.8. The number of imidazole rings is 1. The highest BCUT2D eigenvalue weighted by Gasteiger charge is 2.25. The fourth-order valence-electron chi connectivity index (χ4n) is 3.78. The van der Waals surface area contributed by atoms with Gasteiger partial charge in [0, 0.05) is 25.5 Å². The Morgan fingerprint density at radius 3 is 2.63 bits per heavy atom. The zero-order chi connectivity index (χ0) is 18.8. The molecular formula is C22H25N3O2. The molecule has 0 spiro atoms. The van der Waals surface area contributed by atoms with Gasteiger partial charge in [-0.15, -0.1) is 0 Å². The SMILES string of the molecule is COc1ccc(CC2CCN(C(=O)c3cn4ccc(C)cc4n3)CC2)cc1. The van der Waals surface area contributed by atoms with Crippen molar-refractivity contribution in [1.29, 1.82) is 0 Å². The second-order valence-electron chi connectivity index (χ2n) is 7.38. The Hall–Kier alpha value is -2.82. The summed E-state index contributed by atoms with van der Waals surface area (Å²) in [5, 5.41) is 0. The number of carbonyl (C=O) groups is 1. The van der Waals surface area contributed by atoms with E-state index in [2.05, 4.69) is 17.1 Å². The highest BCUT2D eigenvalue weighted by atomic mass is 16.5. The van der Waals surface area contributed by atoms with E-state index in [0.717, 1.165) is 49.3 Å². The van der Waals surface area contributed by atoms with Crippen molar-refractivity contribution in [2.24, 2.45) is 5.92 Å². The molecular weight excluding hydrogens is 338 g/mol. The van der Waals surface area contributed by atoms with Crippen molar-refractivity contribution in [2.75, 3.05) is 20.2 Å². The summed E-state index contributed by atoms with van der Waals surface area (Å²) in [6.45, 7) is 3.63. The number of fused-ring (bicyclic) bond motifs is 1. The summed E-state index contributed by atoms with van der Waals surface area (Å²) < 4.78 is 7.13. The van der Waals surface area contributed by atoms with Gasteiger partial charge < -0.3 is 14.0 Å². The Morgan fingerprint density at radius 1 is 1.19 bits per heavy atom. The van der Waals surface area contributed by atoms with Crippen LogP contribution in [0, 0.1) is 12.8 Å². The Balaban J connectivity index is 1.36. The molecule has 0 bridgehead atoms. The number of aromatic nitrogens is 2. The Morgan fingerprint density at radius 2 is 1.93 bits per heavy atom. The quantitative estimate of drug-likeness (QED) is 0.709. The van der Waals surface area contributed by atoms with Crippen LogP contribution in [0.2, 0.25) is 0 Å². The van der Waals surface area contributed by atoms with Gasteiger partial charge in [-0.2, -0.15) is 0 Å². The molecule has 0 unspecified atom stereocenters. The van der Waals surface area contributed by atoms with Crippen LogP contribution in [0.25, 0.3) is 5.65 Å². The van der Waals surface area contributed by atoms with Crippen LogP contribution in [-0.2, 0) is 6.42 Å². The summed E-state index contributed by atoms with van der Waals surface area (Å²) in [5.74, 6) is 1.55. The number of nitrogens with zero attached hydrogens (tertiary/aromatic N) is 3. The van der Waals surface area contributed by atoms with Gasteiger partial charge in [-0.25, -0.2) is 4.98 Å². The first kappa shape index (κ1) is 17.6. The summed E-state index contributed by atoms with van der Waals surface area (Å²) in [4.78, 5) is 19.3. The third kappa shape index (κ3) is 3.82. The van der Waals surface area contributed by atoms with Crippen LogP contribution >= 0.6 is 0 Å². The molecule has 0 saturated carbocycles. The molecule has 27 heavy (non-hydrogen) atoms. The average Bonchev–Trinajstić information content (AvgIpc) is 3.12. The maximum Gasteiger partial charge on any atom is 0.274 e. The van der Waals surface area contributed by atoms with Crippen molar-refractivity contribution in [2.45, 2.75) is 26.2 Å². The lowest BCUT2D eigenvalue weighted by Gasteiger charge is -2.31. The van der Waals surface area contributed by atoms with Crippen molar-refractivity contribution in [1.82, 2.24) is 14.3 Å². The monoisotopic (exact) mass is 363 g/mol. The number of benzene rings is 1. The number of aryl methyl sites for hydroxylation is 1. The molecule has 2 aromatic heterocycles. The Labute approximate surface area is 159 Å². The summed E-state index contributed by atoms with van der Waals surface area (Å²) in [5.41, 5.74) is 3.84. The first-order valence-corrected chi connectivity index (χ1v) is 9.50. The van der Waals surface area contributed by atoms with Gasteiger partial charge in [0.1, 0.15) is 17.1 Å². The third-order valence-corrected chi connectivity index (χ3v) is 5.42. The largest absolute Gasteiger partial charge is 0.497 e. The third-order valence-electron chi connectivity index (χ3n) is 5.42. The second-order valence-corrected chi connectivity index (χ2v) is 7.38. The molecule has 3 heterocycles. The van der Waals surface area contributed by atoms with Crippen LogP contribution < -0.4 is 4.74 Å². The number of methoxy groups -OCH3 is 1. The molecule has 1 fully saturated rings. The van der Waals surface area contributed by atoms with Gasteiger partial charge in [0.25, 0.3) is 5.91 Å². The highest BCUT2D eigenvalue weighted by molar-refractivity contribution is 5.93. The number of rotatable bonds is 4.